The van der Waals surface area contributed by atoms with Crippen molar-refractivity contribution in [2.24, 2.45) is 0 Å². The topological polar surface area (TPSA) is 37.3 Å². The molecule has 2 nitrogen and oxygen atoms in total. The highest BCUT2D eigenvalue weighted by atomic mass is 16.3. The van der Waals surface area contributed by atoms with Crippen LogP contribution in [-0.2, 0) is 0 Å². The van der Waals surface area contributed by atoms with Crippen LogP contribution in [0.1, 0.15) is 39.9 Å². The minimum atomic E-state index is 0.0600. The second-order valence-corrected chi connectivity index (χ2v) is 4.54. The van der Waals surface area contributed by atoms with E-state index in [2.05, 4.69) is 0 Å². The SMILES string of the molecule is Cc1cc(C=O)c(O)c([C@H](C)c2ccccc2)c1. The summed E-state index contributed by atoms with van der Waals surface area (Å²) in [5.74, 6) is 0.150. The first-order valence-electron chi connectivity index (χ1n) is 5.97. The molecule has 0 unspecified atom stereocenters. The van der Waals surface area contributed by atoms with Crippen molar-refractivity contribution in [3.05, 3.63) is 64.7 Å². The van der Waals surface area contributed by atoms with Crippen LogP contribution in [0.25, 0.3) is 0 Å². The van der Waals surface area contributed by atoms with Crippen molar-refractivity contribution in [1.29, 1.82) is 0 Å². The second-order valence-electron chi connectivity index (χ2n) is 4.54. The van der Waals surface area contributed by atoms with Crippen molar-refractivity contribution < 1.29 is 9.90 Å². The normalized spacial score (nSPS) is 12.1. The van der Waals surface area contributed by atoms with E-state index in [-0.39, 0.29) is 11.7 Å². The van der Waals surface area contributed by atoms with Gasteiger partial charge in [-0.1, -0.05) is 43.3 Å². The van der Waals surface area contributed by atoms with Crippen LogP contribution in [0.2, 0.25) is 0 Å². The Balaban J connectivity index is 2.51. The first-order valence-corrected chi connectivity index (χ1v) is 5.97. The smallest absolute Gasteiger partial charge is 0.153 e. The number of phenolic OH excluding ortho intramolecular Hbond substituents is 1. The van der Waals surface area contributed by atoms with E-state index in [0.29, 0.717) is 11.8 Å². The lowest BCUT2D eigenvalue weighted by Crippen LogP contribution is -1.99. The molecule has 0 aromatic heterocycles. The number of rotatable bonds is 3. The standard InChI is InChI=1S/C16H16O2/c1-11-8-14(10-17)16(18)15(9-11)12(2)13-6-4-3-5-7-13/h3-10,12,18H,1-2H3/t12-/m1/s1. The van der Waals surface area contributed by atoms with Crippen LogP contribution in [0.15, 0.2) is 42.5 Å². The number of carbonyl (C=O) groups is 1. The van der Waals surface area contributed by atoms with Crippen LogP contribution in [0.4, 0.5) is 0 Å². The molecule has 0 radical (unpaired) electrons. The summed E-state index contributed by atoms with van der Waals surface area (Å²) >= 11 is 0. The molecule has 0 fully saturated rings. The third-order valence-corrected chi connectivity index (χ3v) is 3.21. The van der Waals surface area contributed by atoms with Crippen LogP contribution in [0.5, 0.6) is 5.75 Å². The van der Waals surface area contributed by atoms with Crippen molar-refractivity contribution in [2.45, 2.75) is 19.8 Å². The van der Waals surface area contributed by atoms with E-state index in [9.17, 15) is 9.90 Å². The Morgan fingerprint density at radius 3 is 2.44 bits per heavy atom. The third-order valence-electron chi connectivity index (χ3n) is 3.21. The Labute approximate surface area is 107 Å². The van der Waals surface area contributed by atoms with E-state index in [4.69, 9.17) is 0 Å². The first kappa shape index (κ1) is 12.4. The molecule has 2 aromatic rings. The molecule has 18 heavy (non-hydrogen) atoms. The van der Waals surface area contributed by atoms with Gasteiger partial charge in [-0.3, -0.25) is 4.79 Å². The lowest BCUT2D eigenvalue weighted by Gasteiger charge is -2.16. The zero-order valence-electron chi connectivity index (χ0n) is 10.6. The van der Waals surface area contributed by atoms with E-state index in [0.717, 1.165) is 16.7 Å². The quantitative estimate of drug-likeness (QED) is 0.831. The molecule has 2 rings (SSSR count). The Hall–Kier alpha value is -2.09. The molecule has 0 amide bonds. The highest BCUT2D eigenvalue weighted by Gasteiger charge is 2.15. The molecule has 2 aromatic carbocycles. The monoisotopic (exact) mass is 240 g/mol. The minimum Gasteiger partial charge on any atom is -0.507 e. The van der Waals surface area contributed by atoms with E-state index >= 15 is 0 Å². The zero-order chi connectivity index (χ0) is 13.1. The van der Waals surface area contributed by atoms with Gasteiger partial charge in [0.05, 0.1) is 5.56 Å². The summed E-state index contributed by atoms with van der Waals surface area (Å²) in [6.07, 6.45) is 0.698. The summed E-state index contributed by atoms with van der Waals surface area (Å²) in [5.41, 5.74) is 3.25. The van der Waals surface area contributed by atoms with E-state index < -0.39 is 0 Å². The summed E-state index contributed by atoms with van der Waals surface area (Å²) < 4.78 is 0. The third kappa shape index (κ3) is 2.28. The number of aldehydes is 1. The number of phenols is 1. The average Bonchev–Trinajstić information content (AvgIpc) is 2.41. The van der Waals surface area contributed by atoms with Gasteiger partial charge in [-0.25, -0.2) is 0 Å². The number of benzene rings is 2. The Kier molecular flexibility index (Phi) is 3.47. The van der Waals surface area contributed by atoms with E-state index in [1.54, 1.807) is 6.07 Å². The fraction of sp³-hybridized carbons (Fsp3) is 0.188. The van der Waals surface area contributed by atoms with Crippen LogP contribution in [-0.4, -0.2) is 11.4 Å². The van der Waals surface area contributed by atoms with Gasteiger partial charge < -0.3 is 5.11 Å². The van der Waals surface area contributed by atoms with E-state index in [1.165, 1.54) is 0 Å². The number of aromatic hydroxyl groups is 1. The van der Waals surface area contributed by atoms with Crippen LogP contribution >= 0.6 is 0 Å². The highest BCUT2D eigenvalue weighted by Crippen LogP contribution is 2.33. The van der Waals surface area contributed by atoms with Crippen LogP contribution in [0.3, 0.4) is 0 Å². The van der Waals surface area contributed by atoms with Gasteiger partial charge in [0.1, 0.15) is 5.75 Å². The maximum absolute atomic E-state index is 10.9. The van der Waals surface area contributed by atoms with E-state index in [1.807, 2.05) is 50.2 Å². The second kappa shape index (κ2) is 5.05. The van der Waals surface area contributed by atoms with Crippen molar-refractivity contribution in [3.63, 3.8) is 0 Å². The number of carbonyl (C=O) groups excluding carboxylic acids is 1. The lowest BCUT2D eigenvalue weighted by molar-refractivity contribution is 0.112. The van der Waals surface area contributed by atoms with Crippen LogP contribution < -0.4 is 0 Å². The van der Waals surface area contributed by atoms with Gasteiger partial charge in [0.25, 0.3) is 0 Å². The molecular weight excluding hydrogens is 224 g/mol. The molecule has 1 N–H and O–H groups in total. The average molecular weight is 240 g/mol. The molecule has 0 saturated heterocycles. The van der Waals surface area contributed by atoms with Gasteiger partial charge in [-0.05, 0) is 24.1 Å². The molecule has 1 atom stereocenters. The summed E-state index contributed by atoms with van der Waals surface area (Å²) in [5, 5.41) is 10.1. The van der Waals surface area contributed by atoms with Gasteiger partial charge in [0, 0.05) is 11.5 Å². The molecule has 0 heterocycles. The summed E-state index contributed by atoms with van der Waals surface area (Å²) in [4.78, 5) is 10.9. The Morgan fingerprint density at radius 2 is 1.83 bits per heavy atom. The number of hydrogen-bond donors (Lipinski definition) is 1. The highest BCUT2D eigenvalue weighted by molar-refractivity contribution is 5.80. The van der Waals surface area contributed by atoms with Gasteiger partial charge in [-0.15, -0.1) is 0 Å². The Morgan fingerprint density at radius 1 is 1.17 bits per heavy atom. The van der Waals surface area contributed by atoms with Gasteiger partial charge in [0.2, 0.25) is 0 Å². The Bertz CT molecular complexity index is 559. The molecule has 0 aliphatic carbocycles. The molecule has 0 bridgehead atoms. The van der Waals surface area contributed by atoms with Crippen molar-refractivity contribution in [1.82, 2.24) is 0 Å². The summed E-state index contributed by atoms with van der Waals surface area (Å²) in [6, 6.07) is 13.6. The van der Waals surface area contributed by atoms with Crippen molar-refractivity contribution in [2.75, 3.05) is 0 Å². The van der Waals surface area contributed by atoms with Crippen molar-refractivity contribution in [3.8, 4) is 5.75 Å². The largest absolute Gasteiger partial charge is 0.507 e. The fourth-order valence-corrected chi connectivity index (χ4v) is 2.18. The lowest BCUT2D eigenvalue weighted by atomic mass is 9.90. The molecule has 92 valence electrons. The van der Waals surface area contributed by atoms with Gasteiger partial charge in [-0.2, -0.15) is 0 Å². The van der Waals surface area contributed by atoms with Crippen molar-refractivity contribution >= 4 is 6.29 Å². The molecule has 0 spiro atoms. The molecule has 0 aliphatic heterocycles. The summed E-state index contributed by atoms with van der Waals surface area (Å²) in [7, 11) is 0. The molecule has 2 heteroatoms. The molecule has 0 saturated carbocycles. The molecule has 0 aliphatic rings. The predicted molar refractivity (Wildman–Crippen MR) is 72.2 cm³/mol. The van der Waals surface area contributed by atoms with Crippen LogP contribution in [0, 0.1) is 6.92 Å². The molecular formula is C16H16O2. The number of aryl methyl sites for hydroxylation is 1. The number of hydrogen-bond acceptors (Lipinski definition) is 2. The zero-order valence-corrected chi connectivity index (χ0v) is 10.6. The van der Waals surface area contributed by atoms with Gasteiger partial charge in [0.15, 0.2) is 6.29 Å². The maximum Gasteiger partial charge on any atom is 0.153 e. The maximum atomic E-state index is 10.9. The van der Waals surface area contributed by atoms with Gasteiger partial charge >= 0.3 is 0 Å². The fourth-order valence-electron chi connectivity index (χ4n) is 2.18. The minimum absolute atomic E-state index is 0.0600. The summed E-state index contributed by atoms with van der Waals surface area (Å²) in [6.45, 7) is 3.95. The predicted octanol–water partition coefficient (Wildman–Crippen LogP) is 3.66. The first-order chi connectivity index (χ1) is 8.63.